The van der Waals surface area contributed by atoms with Gasteiger partial charge in [-0.1, -0.05) is 33.6 Å². The Kier molecular flexibility index (Phi) is 5.16. The van der Waals surface area contributed by atoms with Crippen molar-refractivity contribution in [3.63, 3.8) is 0 Å². The lowest BCUT2D eigenvalue weighted by Gasteiger charge is -2.19. The molecule has 0 amide bonds. The van der Waals surface area contributed by atoms with Crippen molar-refractivity contribution in [3.8, 4) is 0 Å². The summed E-state index contributed by atoms with van der Waals surface area (Å²) >= 11 is 6.20. The zero-order valence-electron chi connectivity index (χ0n) is 8.28. The van der Waals surface area contributed by atoms with Gasteiger partial charge in [0, 0.05) is 4.87 Å². The summed E-state index contributed by atoms with van der Waals surface area (Å²) in [5, 5.41) is 0. The van der Waals surface area contributed by atoms with Crippen LogP contribution in [0.15, 0.2) is 0 Å². The Bertz CT molecular complexity index is 95.0. The second-order valence-corrected chi connectivity index (χ2v) is 4.97. The van der Waals surface area contributed by atoms with Gasteiger partial charge in [0.2, 0.25) is 0 Å². The summed E-state index contributed by atoms with van der Waals surface area (Å²) in [6, 6.07) is 0. The molecule has 0 aliphatic carbocycles. The summed E-state index contributed by atoms with van der Waals surface area (Å²) in [5.41, 5.74) is 0. The third-order valence-corrected chi connectivity index (χ3v) is 2.67. The average Bonchev–Trinajstić information content (AvgIpc) is 1.87. The fourth-order valence-electron chi connectivity index (χ4n) is 1.06. The van der Waals surface area contributed by atoms with E-state index in [0.29, 0.717) is 0 Å². The van der Waals surface area contributed by atoms with Gasteiger partial charge in [-0.25, -0.2) is 0 Å². The predicted molar refractivity (Wildman–Crippen MR) is 53.2 cm³/mol. The summed E-state index contributed by atoms with van der Waals surface area (Å²) in [6.45, 7) is 8.81. The first-order valence-electron chi connectivity index (χ1n) is 4.67. The highest BCUT2D eigenvalue weighted by molar-refractivity contribution is 6.23. The summed E-state index contributed by atoms with van der Waals surface area (Å²) in [6.07, 6.45) is 4.81. The smallest absolute Gasteiger partial charge is 0.0416 e. The second-order valence-electron chi connectivity index (χ2n) is 4.05. The molecule has 0 fully saturated rings. The first kappa shape index (κ1) is 11.3. The summed E-state index contributed by atoms with van der Waals surface area (Å²) in [5.74, 6) is 0.819. The molecule has 0 aromatic rings. The van der Waals surface area contributed by atoms with Crippen LogP contribution in [-0.4, -0.2) is 4.87 Å². The largest absolute Gasteiger partial charge is 0.120 e. The lowest BCUT2D eigenvalue weighted by Crippen LogP contribution is -2.14. The Morgan fingerprint density at radius 2 is 1.91 bits per heavy atom. The zero-order valence-corrected chi connectivity index (χ0v) is 9.04. The van der Waals surface area contributed by atoms with Crippen molar-refractivity contribution in [2.24, 2.45) is 5.92 Å². The minimum absolute atomic E-state index is 0.0505. The summed E-state index contributed by atoms with van der Waals surface area (Å²) in [7, 11) is 0. The van der Waals surface area contributed by atoms with Crippen LogP contribution in [0.25, 0.3) is 0 Å². The van der Waals surface area contributed by atoms with E-state index in [1.807, 2.05) is 0 Å². The van der Waals surface area contributed by atoms with E-state index in [2.05, 4.69) is 27.7 Å². The van der Waals surface area contributed by atoms with Gasteiger partial charge in [0.25, 0.3) is 0 Å². The van der Waals surface area contributed by atoms with Gasteiger partial charge in [-0.2, -0.15) is 0 Å². The quantitative estimate of drug-likeness (QED) is 0.551. The minimum atomic E-state index is 0.0505. The molecule has 0 nitrogen and oxygen atoms in total. The number of hydrogen-bond acceptors (Lipinski definition) is 0. The van der Waals surface area contributed by atoms with Crippen molar-refractivity contribution in [2.45, 2.75) is 58.3 Å². The topological polar surface area (TPSA) is 0 Å². The molecule has 1 atom stereocenters. The van der Waals surface area contributed by atoms with Crippen LogP contribution in [0.1, 0.15) is 53.4 Å². The predicted octanol–water partition coefficient (Wildman–Crippen LogP) is 4.22. The Labute approximate surface area is 76.3 Å². The van der Waals surface area contributed by atoms with Gasteiger partial charge in [-0.05, 0) is 25.7 Å². The molecule has 0 saturated carbocycles. The third kappa shape index (κ3) is 6.68. The van der Waals surface area contributed by atoms with Crippen LogP contribution >= 0.6 is 11.6 Å². The van der Waals surface area contributed by atoms with Gasteiger partial charge in [-0.15, -0.1) is 11.6 Å². The average molecular weight is 177 g/mol. The molecule has 0 radical (unpaired) electrons. The van der Waals surface area contributed by atoms with Gasteiger partial charge >= 0.3 is 0 Å². The molecule has 0 aromatic carbocycles. The molecular formula is C10H21Cl. The molecule has 0 heterocycles. The fraction of sp³-hybridized carbons (Fsp3) is 1.00. The second kappa shape index (κ2) is 5.03. The van der Waals surface area contributed by atoms with Crippen LogP contribution < -0.4 is 0 Å². The zero-order chi connectivity index (χ0) is 8.91. The molecule has 0 bridgehead atoms. The minimum Gasteiger partial charge on any atom is -0.120 e. The molecule has 0 aliphatic heterocycles. The highest BCUT2D eigenvalue weighted by Crippen LogP contribution is 2.26. The van der Waals surface area contributed by atoms with Crippen molar-refractivity contribution >= 4 is 11.6 Å². The Hall–Kier alpha value is 0.290. The highest BCUT2D eigenvalue weighted by atomic mass is 35.5. The first-order valence-corrected chi connectivity index (χ1v) is 5.04. The van der Waals surface area contributed by atoms with E-state index in [1.54, 1.807) is 0 Å². The maximum atomic E-state index is 6.20. The fourth-order valence-corrected chi connectivity index (χ4v) is 1.19. The number of halogens is 1. The van der Waals surface area contributed by atoms with E-state index in [9.17, 15) is 0 Å². The molecule has 0 aromatic heterocycles. The Balaban J connectivity index is 3.38. The molecule has 1 heteroatoms. The summed E-state index contributed by atoms with van der Waals surface area (Å²) < 4.78 is 0. The van der Waals surface area contributed by atoms with E-state index < -0.39 is 0 Å². The van der Waals surface area contributed by atoms with Crippen LogP contribution in [0.3, 0.4) is 0 Å². The van der Waals surface area contributed by atoms with Gasteiger partial charge in [0.1, 0.15) is 0 Å². The molecule has 0 saturated heterocycles. The molecule has 11 heavy (non-hydrogen) atoms. The molecular weight excluding hydrogens is 156 g/mol. The standard InChI is InChI=1S/C10H21Cl/c1-5-10(4,11)8-6-7-9(2)3/h9H,5-8H2,1-4H3/t10-/m1/s1. The molecule has 0 spiro atoms. The first-order chi connectivity index (χ1) is 4.98. The maximum Gasteiger partial charge on any atom is 0.0416 e. The lowest BCUT2D eigenvalue weighted by atomic mass is 9.97. The van der Waals surface area contributed by atoms with Crippen molar-refractivity contribution < 1.29 is 0 Å². The molecule has 0 unspecified atom stereocenters. The van der Waals surface area contributed by atoms with Crippen LogP contribution in [0, 0.1) is 5.92 Å². The molecule has 0 N–H and O–H groups in total. The lowest BCUT2D eigenvalue weighted by molar-refractivity contribution is 0.472. The third-order valence-electron chi connectivity index (χ3n) is 2.22. The van der Waals surface area contributed by atoms with E-state index in [-0.39, 0.29) is 4.87 Å². The van der Waals surface area contributed by atoms with Crippen molar-refractivity contribution in [1.29, 1.82) is 0 Å². The maximum absolute atomic E-state index is 6.20. The van der Waals surface area contributed by atoms with Crippen LogP contribution in [0.5, 0.6) is 0 Å². The van der Waals surface area contributed by atoms with Crippen molar-refractivity contribution in [1.82, 2.24) is 0 Å². The summed E-state index contributed by atoms with van der Waals surface area (Å²) in [4.78, 5) is 0.0505. The normalized spacial score (nSPS) is 16.9. The molecule has 0 aliphatic rings. The van der Waals surface area contributed by atoms with E-state index in [1.165, 1.54) is 12.8 Å². The van der Waals surface area contributed by atoms with Gasteiger partial charge in [-0.3, -0.25) is 0 Å². The van der Waals surface area contributed by atoms with E-state index in [0.717, 1.165) is 18.8 Å². The monoisotopic (exact) mass is 176 g/mol. The van der Waals surface area contributed by atoms with Crippen LogP contribution in [0.2, 0.25) is 0 Å². The van der Waals surface area contributed by atoms with Crippen molar-refractivity contribution in [2.75, 3.05) is 0 Å². The Morgan fingerprint density at radius 3 is 2.27 bits per heavy atom. The van der Waals surface area contributed by atoms with Crippen LogP contribution in [-0.2, 0) is 0 Å². The van der Waals surface area contributed by atoms with Gasteiger partial charge in [0.15, 0.2) is 0 Å². The number of hydrogen-bond donors (Lipinski definition) is 0. The number of rotatable bonds is 5. The van der Waals surface area contributed by atoms with E-state index in [4.69, 9.17) is 11.6 Å². The van der Waals surface area contributed by atoms with Gasteiger partial charge < -0.3 is 0 Å². The van der Waals surface area contributed by atoms with Crippen LogP contribution in [0.4, 0.5) is 0 Å². The van der Waals surface area contributed by atoms with Crippen molar-refractivity contribution in [3.05, 3.63) is 0 Å². The Morgan fingerprint density at radius 1 is 1.36 bits per heavy atom. The highest BCUT2D eigenvalue weighted by Gasteiger charge is 2.16. The SMILES string of the molecule is CC[C@@](C)(Cl)CCCC(C)C. The van der Waals surface area contributed by atoms with E-state index >= 15 is 0 Å². The molecule has 0 rings (SSSR count). The van der Waals surface area contributed by atoms with Gasteiger partial charge in [0.05, 0.1) is 0 Å². The number of alkyl halides is 1. The molecule has 68 valence electrons.